The minimum Gasteiger partial charge on any atom is -0.487 e. The summed E-state index contributed by atoms with van der Waals surface area (Å²) in [5.74, 6) is 0.728. The maximum atomic E-state index is 12.9. The molecule has 5 nitrogen and oxygen atoms in total. The lowest BCUT2D eigenvalue weighted by molar-refractivity contribution is 0.0735. The normalized spacial score (nSPS) is 13.5. The summed E-state index contributed by atoms with van der Waals surface area (Å²) in [5.41, 5.74) is 3.67. The van der Waals surface area contributed by atoms with Gasteiger partial charge < -0.3 is 14.0 Å². The van der Waals surface area contributed by atoms with Gasteiger partial charge in [-0.3, -0.25) is 4.79 Å². The van der Waals surface area contributed by atoms with Gasteiger partial charge >= 0.3 is 0 Å². The molecule has 5 rings (SSSR count). The highest BCUT2D eigenvalue weighted by molar-refractivity contribution is 7.10. The number of nitrogens with zero attached hydrogens (tertiary/aromatic N) is 3. The van der Waals surface area contributed by atoms with Crippen LogP contribution in [0.25, 0.3) is 5.65 Å². The number of carbonyl (C=O) groups excluding carboxylic acids is 1. The lowest BCUT2D eigenvalue weighted by atomic mass is 10.1. The Morgan fingerprint density at radius 1 is 1.18 bits per heavy atom. The average Bonchev–Trinajstić information content (AvgIpc) is 3.37. The van der Waals surface area contributed by atoms with Crippen LogP contribution in [0.5, 0.6) is 5.75 Å². The van der Waals surface area contributed by atoms with Crippen LogP contribution in [0.15, 0.2) is 66.3 Å². The Kier molecular flexibility index (Phi) is 4.33. The van der Waals surface area contributed by atoms with E-state index in [4.69, 9.17) is 4.74 Å². The Morgan fingerprint density at radius 3 is 3.07 bits per heavy atom. The standard InChI is InChI=1S/C22H19N3O2S/c26-22(25-10-7-20-17(13-25)8-11-28-20)16-4-3-5-19(12-16)27-15-18-14-24-9-2-1-6-21(24)23-18/h1-6,8-9,11-12,14H,7,10,13,15H2. The number of hydrogen-bond donors (Lipinski definition) is 0. The van der Waals surface area contributed by atoms with E-state index < -0.39 is 0 Å². The average molecular weight is 389 g/mol. The fourth-order valence-electron chi connectivity index (χ4n) is 3.54. The third kappa shape index (κ3) is 3.27. The first-order valence-corrected chi connectivity index (χ1v) is 10.1. The number of aromatic nitrogens is 2. The van der Waals surface area contributed by atoms with Crippen LogP contribution in [-0.4, -0.2) is 26.7 Å². The second kappa shape index (κ2) is 7.13. The highest BCUT2D eigenvalue weighted by Crippen LogP contribution is 2.25. The molecule has 4 aromatic rings. The van der Waals surface area contributed by atoms with Crippen molar-refractivity contribution >= 4 is 22.9 Å². The Balaban J connectivity index is 1.28. The number of amides is 1. The number of ether oxygens (including phenoxy) is 1. The van der Waals surface area contributed by atoms with E-state index in [-0.39, 0.29) is 5.91 Å². The molecule has 1 aliphatic heterocycles. The van der Waals surface area contributed by atoms with Crippen molar-refractivity contribution < 1.29 is 9.53 Å². The molecule has 0 bridgehead atoms. The molecule has 1 amide bonds. The summed E-state index contributed by atoms with van der Waals surface area (Å²) in [6.45, 7) is 1.81. The number of hydrogen-bond acceptors (Lipinski definition) is 4. The number of imidazole rings is 1. The fraction of sp³-hybridized carbons (Fsp3) is 0.182. The van der Waals surface area contributed by atoms with E-state index in [0.29, 0.717) is 24.5 Å². The van der Waals surface area contributed by atoms with Gasteiger partial charge in [0.15, 0.2) is 0 Å². The first-order chi connectivity index (χ1) is 13.8. The highest BCUT2D eigenvalue weighted by Gasteiger charge is 2.22. The Labute approximate surface area is 166 Å². The summed E-state index contributed by atoms with van der Waals surface area (Å²) in [7, 11) is 0. The van der Waals surface area contributed by atoms with E-state index in [0.717, 1.165) is 24.3 Å². The topological polar surface area (TPSA) is 46.8 Å². The summed E-state index contributed by atoms with van der Waals surface area (Å²) in [6, 6.07) is 15.4. The van der Waals surface area contributed by atoms with E-state index in [1.54, 1.807) is 11.3 Å². The largest absolute Gasteiger partial charge is 0.487 e. The van der Waals surface area contributed by atoms with Crippen molar-refractivity contribution in [1.82, 2.24) is 14.3 Å². The number of thiophene rings is 1. The molecule has 0 spiro atoms. The molecule has 0 N–H and O–H groups in total. The third-order valence-corrected chi connectivity index (χ3v) is 6.00. The van der Waals surface area contributed by atoms with Crippen molar-refractivity contribution in [1.29, 1.82) is 0 Å². The van der Waals surface area contributed by atoms with Gasteiger partial charge in [-0.2, -0.15) is 0 Å². The van der Waals surface area contributed by atoms with Gasteiger partial charge in [0.1, 0.15) is 18.0 Å². The molecule has 3 aromatic heterocycles. The zero-order valence-corrected chi connectivity index (χ0v) is 16.1. The number of rotatable bonds is 4. The highest BCUT2D eigenvalue weighted by atomic mass is 32.1. The number of carbonyl (C=O) groups is 1. The third-order valence-electron chi connectivity index (χ3n) is 4.98. The molecule has 6 heteroatoms. The van der Waals surface area contributed by atoms with Crippen LogP contribution in [0.4, 0.5) is 0 Å². The van der Waals surface area contributed by atoms with Gasteiger partial charge in [0.05, 0.1) is 5.69 Å². The predicted molar refractivity (Wildman–Crippen MR) is 109 cm³/mol. The quantitative estimate of drug-likeness (QED) is 0.526. The molecule has 0 aliphatic carbocycles. The van der Waals surface area contributed by atoms with Crippen molar-refractivity contribution in [2.24, 2.45) is 0 Å². The molecule has 0 unspecified atom stereocenters. The number of pyridine rings is 1. The van der Waals surface area contributed by atoms with Gasteiger partial charge in [-0.1, -0.05) is 12.1 Å². The first kappa shape index (κ1) is 17.0. The Hall–Kier alpha value is -3.12. The smallest absolute Gasteiger partial charge is 0.254 e. The lowest BCUT2D eigenvalue weighted by Gasteiger charge is -2.27. The van der Waals surface area contributed by atoms with E-state index in [1.807, 2.05) is 64.2 Å². The van der Waals surface area contributed by atoms with Crippen molar-refractivity contribution in [3.8, 4) is 5.75 Å². The number of fused-ring (bicyclic) bond motifs is 2. The second-order valence-corrected chi connectivity index (χ2v) is 7.86. The second-order valence-electron chi connectivity index (χ2n) is 6.86. The molecule has 0 radical (unpaired) electrons. The zero-order valence-electron chi connectivity index (χ0n) is 15.2. The van der Waals surface area contributed by atoms with Crippen LogP contribution in [0.3, 0.4) is 0 Å². The van der Waals surface area contributed by atoms with Gasteiger partial charge in [0.25, 0.3) is 5.91 Å². The molecule has 4 heterocycles. The van der Waals surface area contributed by atoms with Crippen molar-refractivity contribution in [3.05, 3.63) is 88.0 Å². The molecule has 1 aliphatic rings. The molecule has 0 saturated carbocycles. The first-order valence-electron chi connectivity index (χ1n) is 9.26. The maximum Gasteiger partial charge on any atom is 0.254 e. The number of benzene rings is 1. The van der Waals surface area contributed by atoms with Crippen molar-refractivity contribution in [2.75, 3.05) is 6.54 Å². The molecular formula is C22H19N3O2S. The Bertz CT molecular complexity index is 1110. The molecule has 28 heavy (non-hydrogen) atoms. The zero-order chi connectivity index (χ0) is 18.9. The predicted octanol–water partition coefficient (Wildman–Crippen LogP) is 4.17. The minimum absolute atomic E-state index is 0.0510. The SMILES string of the molecule is O=C(c1cccc(OCc2cn3ccccc3n2)c1)N1CCc2sccc2C1. The van der Waals surface area contributed by atoms with Crippen LogP contribution < -0.4 is 4.74 Å². The fourth-order valence-corrected chi connectivity index (χ4v) is 4.43. The summed E-state index contributed by atoms with van der Waals surface area (Å²) in [6.07, 6.45) is 4.85. The van der Waals surface area contributed by atoms with Crippen LogP contribution >= 0.6 is 11.3 Å². The van der Waals surface area contributed by atoms with Crippen LogP contribution in [-0.2, 0) is 19.6 Å². The lowest BCUT2D eigenvalue weighted by Crippen LogP contribution is -2.35. The van der Waals surface area contributed by atoms with E-state index in [1.165, 1.54) is 10.4 Å². The van der Waals surface area contributed by atoms with Gasteiger partial charge in [-0.15, -0.1) is 11.3 Å². The van der Waals surface area contributed by atoms with Crippen molar-refractivity contribution in [2.45, 2.75) is 19.6 Å². The molecule has 0 fully saturated rings. The summed E-state index contributed by atoms with van der Waals surface area (Å²) in [4.78, 5) is 20.8. The monoisotopic (exact) mass is 389 g/mol. The van der Waals surface area contributed by atoms with E-state index in [2.05, 4.69) is 16.4 Å². The molecule has 0 atom stereocenters. The van der Waals surface area contributed by atoms with Gasteiger partial charge in [-0.25, -0.2) is 4.98 Å². The summed E-state index contributed by atoms with van der Waals surface area (Å²) < 4.78 is 7.86. The molecule has 1 aromatic carbocycles. The van der Waals surface area contributed by atoms with Gasteiger partial charge in [0.2, 0.25) is 0 Å². The van der Waals surface area contributed by atoms with Crippen molar-refractivity contribution in [3.63, 3.8) is 0 Å². The van der Waals surface area contributed by atoms with Gasteiger partial charge in [-0.05, 0) is 53.8 Å². The molecular weight excluding hydrogens is 370 g/mol. The van der Waals surface area contributed by atoms with E-state index in [9.17, 15) is 4.79 Å². The molecule has 140 valence electrons. The van der Waals surface area contributed by atoms with Gasteiger partial charge in [0, 0.05) is 35.9 Å². The summed E-state index contributed by atoms with van der Waals surface area (Å²) >= 11 is 1.78. The summed E-state index contributed by atoms with van der Waals surface area (Å²) in [5, 5.41) is 2.10. The van der Waals surface area contributed by atoms with Crippen LogP contribution in [0.1, 0.15) is 26.5 Å². The van der Waals surface area contributed by atoms with Crippen LogP contribution in [0.2, 0.25) is 0 Å². The maximum absolute atomic E-state index is 12.9. The minimum atomic E-state index is 0.0510. The Morgan fingerprint density at radius 2 is 2.14 bits per heavy atom. The molecule has 0 saturated heterocycles. The van der Waals surface area contributed by atoms with E-state index >= 15 is 0 Å². The van der Waals surface area contributed by atoms with Crippen LogP contribution in [0, 0.1) is 0 Å².